The van der Waals surface area contributed by atoms with Gasteiger partial charge in [0.15, 0.2) is 0 Å². The molecule has 1 aliphatic rings. The van der Waals surface area contributed by atoms with Crippen LogP contribution >= 0.6 is 0 Å². The highest BCUT2D eigenvalue weighted by atomic mass is 16.4. The van der Waals surface area contributed by atoms with Gasteiger partial charge in [-0.05, 0) is 37.7 Å². The molecule has 1 aromatic carbocycles. The average Bonchev–Trinajstić information content (AvgIpc) is 2.93. The lowest BCUT2D eigenvalue weighted by Gasteiger charge is -2.25. The fraction of sp³-hybridized carbons (Fsp3) is 0.562. The van der Waals surface area contributed by atoms with Gasteiger partial charge in [-0.2, -0.15) is 0 Å². The number of benzene rings is 1. The van der Waals surface area contributed by atoms with Gasteiger partial charge in [0.25, 0.3) is 0 Å². The smallest absolute Gasteiger partial charge is 0.321 e. The number of nitrogens with one attached hydrogen (secondary N) is 1. The summed E-state index contributed by atoms with van der Waals surface area (Å²) in [7, 11) is 0. The van der Waals surface area contributed by atoms with Crippen molar-refractivity contribution >= 4 is 5.97 Å². The van der Waals surface area contributed by atoms with Crippen molar-refractivity contribution < 1.29 is 9.90 Å². The molecule has 104 valence electrons. The van der Waals surface area contributed by atoms with Crippen LogP contribution in [-0.4, -0.2) is 23.2 Å². The molecule has 0 heterocycles. The summed E-state index contributed by atoms with van der Waals surface area (Å²) in [5.74, 6) is -0.119. The molecule has 2 N–H and O–H groups in total. The van der Waals surface area contributed by atoms with E-state index in [-0.39, 0.29) is 6.04 Å². The average molecular weight is 261 g/mol. The number of hydrogen-bond donors (Lipinski definition) is 2. The molecule has 0 aromatic heterocycles. The van der Waals surface area contributed by atoms with Gasteiger partial charge in [0.1, 0.15) is 6.04 Å². The topological polar surface area (TPSA) is 49.3 Å². The van der Waals surface area contributed by atoms with Crippen molar-refractivity contribution in [3.05, 3.63) is 35.9 Å². The SMILES string of the molecule is CC(N[C@@H](Cc1ccccc1)C(=O)O)C1CCCC1. The summed E-state index contributed by atoms with van der Waals surface area (Å²) in [4.78, 5) is 11.4. The fourth-order valence-corrected chi connectivity index (χ4v) is 2.98. The second-order valence-electron chi connectivity index (χ2n) is 5.58. The molecule has 1 fully saturated rings. The van der Waals surface area contributed by atoms with Crippen molar-refractivity contribution in [2.45, 2.75) is 51.1 Å². The van der Waals surface area contributed by atoms with E-state index in [0.29, 0.717) is 12.3 Å². The van der Waals surface area contributed by atoms with Gasteiger partial charge in [0.2, 0.25) is 0 Å². The number of carbonyl (C=O) groups is 1. The van der Waals surface area contributed by atoms with Gasteiger partial charge in [-0.25, -0.2) is 0 Å². The highest BCUT2D eigenvalue weighted by Crippen LogP contribution is 2.27. The zero-order chi connectivity index (χ0) is 13.7. The van der Waals surface area contributed by atoms with Crippen LogP contribution in [0.2, 0.25) is 0 Å². The standard InChI is InChI=1S/C16H23NO2/c1-12(14-9-5-6-10-14)17-15(16(18)19)11-13-7-3-2-4-8-13/h2-4,7-8,12,14-15,17H,5-6,9-11H2,1H3,(H,18,19)/t12?,15-/m0/s1. The lowest BCUT2D eigenvalue weighted by Crippen LogP contribution is -2.46. The Labute approximate surface area is 115 Å². The molecule has 1 aliphatic carbocycles. The summed E-state index contributed by atoms with van der Waals surface area (Å²) in [5, 5.41) is 12.7. The van der Waals surface area contributed by atoms with Crippen LogP contribution in [0.3, 0.4) is 0 Å². The molecule has 2 atom stereocenters. The Morgan fingerprint density at radius 3 is 2.53 bits per heavy atom. The van der Waals surface area contributed by atoms with E-state index in [0.717, 1.165) is 5.56 Å². The van der Waals surface area contributed by atoms with Crippen LogP contribution in [0.5, 0.6) is 0 Å². The van der Waals surface area contributed by atoms with Crippen LogP contribution in [0.15, 0.2) is 30.3 Å². The Morgan fingerprint density at radius 1 is 1.32 bits per heavy atom. The fourth-order valence-electron chi connectivity index (χ4n) is 2.98. The van der Waals surface area contributed by atoms with Crippen molar-refractivity contribution in [1.29, 1.82) is 0 Å². The number of carboxylic acids is 1. The Kier molecular flexibility index (Phi) is 4.97. The van der Waals surface area contributed by atoms with E-state index >= 15 is 0 Å². The highest BCUT2D eigenvalue weighted by Gasteiger charge is 2.26. The summed E-state index contributed by atoms with van der Waals surface area (Å²) in [5.41, 5.74) is 1.07. The first-order valence-corrected chi connectivity index (χ1v) is 7.19. The molecule has 0 radical (unpaired) electrons. The molecule has 0 aliphatic heterocycles. The van der Waals surface area contributed by atoms with E-state index in [1.807, 2.05) is 30.3 Å². The van der Waals surface area contributed by atoms with Crippen molar-refractivity contribution in [2.24, 2.45) is 5.92 Å². The van der Waals surface area contributed by atoms with Gasteiger partial charge in [-0.15, -0.1) is 0 Å². The van der Waals surface area contributed by atoms with E-state index in [9.17, 15) is 9.90 Å². The molecule has 2 rings (SSSR count). The predicted octanol–water partition coefficient (Wildman–Crippen LogP) is 2.85. The van der Waals surface area contributed by atoms with Gasteiger partial charge in [-0.3, -0.25) is 4.79 Å². The maximum atomic E-state index is 11.4. The van der Waals surface area contributed by atoms with Crippen LogP contribution < -0.4 is 5.32 Å². The first kappa shape index (κ1) is 14.1. The van der Waals surface area contributed by atoms with Gasteiger partial charge < -0.3 is 10.4 Å². The van der Waals surface area contributed by atoms with Crippen LogP contribution in [0.25, 0.3) is 0 Å². The summed E-state index contributed by atoms with van der Waals surface area (Å²) in [6, 6.07) is 9.62. The zero-order valence-electron chi connectivity index (χ0n) is 11.5. The Balaban J connectivity index is 1.94. The molecule has 3 heteroatoms. The molecule has 3 nitrogen and oxygen atoms in total. The molecule has 0 amide bonds. The highest BCUT2D eigenvalue weighted by molar-refractivity contribution is 5.74. The Morgan fingerprint density at radius 2 is 1.95 bits per heavy atom. The number of aliphatic carboxylic acids is 1. The summed E-state index contributed by atoms with van der Waals surface area (Å²) < 4.78 is 0. The summed E-state index contributed by atoms with van der Waals surface area (Å²) in [6.45, 7) is 2.12. The van der Waals surface area contributed by atoms with Gasteiger partial charge in [-0.1, -0.05) is 43.2 Å². The largest absolute Gasteiger partial charge is 0.480 e. The Hall–Kier alpha value is -1.35. The van der Waals surface area contributed by atoms with Gasteiger partial charge in [0.05, 0.1) is 0 Å². The van der Waals surface area contributed by atoms with Crippen molar-refractivity contribution in [3.63, 3.8) is 0 Å². The third-order valence-corrected chi connectivity index (χ3v) is 4.15. The molecule has 0 spiro atoms. The Bertz CT molecular complexity index is 398. The molecular formula is C16H23NO2. The van der Waals surface area contributed by atoms with Crippen molar-refractivity contribution in [2.75, 3.05) is 0 Å². The maximum Gasteiger partial charge on any atom is 0.321 e. The number of hydrogen-bond acceptors (Lipinski definition) is 2. The third-order valence-electron chi connectivity index (χ3n) is 4.15. The van der Waals surface area contributed by atoms with Crippen molar-refractivity contribution in [3.8, 4) is 0 Å². The minimum absolute atomic E-state index is 0.285. The quantitative estimate of drug-likeness (QED) is 0.828. The zero-order valence-corrected chi connectivity index (χ0v) is 11.5. The van der Waals surface area contributed by atoms with E-state index in [1.165, 1.54) is 25.7 Å². The summed E-state index contributed by atoms with van der Waals surface area (Å²) >= 11 is 0. The van der Waals surface area contributed by atoms with Crippen molar-refractivity contribution in [1.82, 2.24) is 5.32 Å². The van der Waals surface area contributed by atoms with E-state index in [2.05, 4.69) is 12.2 Å². The lowest BCUT2D eigenvalue weighted by molar-refractivity contribution is -0.139. The maximum absolute atomic E-state index is 11.4. The molecule has 1 unspecified atom stereocenters. The minimum Gasteiger partial charge on any atom is -0.480 e. The first-order valence-electron chi connectivity index (χ1n) is 7.19. The third kappa shape index (κ3) is 4.06. The lowest BCUT2D eigenvalue weighted by atomic mass is 9.97. The molecular weight excluding hydrogens is 238 g/mol. The van der Waals surface area contributed by atoms with Crippen LogP contribution in [0.4, 0.5) is 0 Å². The monoisotopic (exact) mass is 261 g/mol. The second-order valence-corrected chi connectivity index (χ2v) is 5.58. The van der Waals surface area contributed by atoms with Gasteiger partial charge >= 0.3 is 5.97 Å². The van der Waals surface area contributed by atoms with E-state index in [4.69, 9.17) is 0 Å². The second kappa shape index (κ2) is 6.71. The number of carboxylic acid groups (broad SMARTS) is 1. The molecule has 1 saturated carbocycles. The predicted molar refractivity (Wildman–Crippen MR) is 76.1 cm³/mol. The van der Waals surface area contributed by atoms with Crippen LogP contribution in [0.1, 0.15) is 38.2 Å². The van der Waals surface area contributed by atoms with Crippen LogP contribution in [0, 0.1) is 5.92 Å². The van der Waals surface area contributed by atoms with Gasteiger partial charge in [0, 0.05) is 6.04 Å². The van der Waals surface area contributed by atoms with Crippen LogP contribution in [-0.2, 0) is 11.2 Å². The molecule has 1 aromatic rings. The minimum atomic E-state index is -0.756. The molecule has 0 saturated heterocycles. The number of rotatable bonds is 6. The van der Waals surface area contributed by atoms with E-state index < -0.39 is 12.0 Å². The molecule has 19 heavy (non-hydrogen) atoms. The molecule has 0 bridgehead atoms. The normalized spacial score (nSPS) is 19.2. The van der Waals surface area contributed by atoms with E-state index in [1.54, 1.807) is 0 Å². The summed E-state index contributed by atoms with van der Waals surface area (Å²) in [6.07, 6.45) is 5.57. The first-order chi connectivity index (χ1) is 9.16.